The first kappa shape index (κ1) is 13.1. The second-order valence-corrected chi connectivity index (χ2v) is 4.47. The number of benzene rings is 1. The SMILES string of the molecule is Nc1c(Nc2ccc(Br)c(C(=O)O)c2)nc[nH]c1=O. The fraction of sp³-hybridized carbons (Fsp3) is 0. The van der Waals surface area contributed by atoms with Gasteiger partial charge >= 0.3 is 5.97 Å². The van der Waals surface area contributed by atoms with Crippen molar-refractivity contribution in [2.24, 2.45) is 0 Å². The standard InChI is InChI=1S/C11H9BrN4O3/c12-7-2-1-5(3-6(7)11(18)19)16-9-8(13)10(17)15-4-14-9/h1-4H,13H2,(H,18,19)(H2,14,15,16,17). The van der Waals surface area contributed by atoms with Crippen molar-refractivity contribution in [3.8, 4) is 0 Å². The third kappa shape index (κ3) is 2.74. The molecule has 98 valence electrons. The number of nitrogen functional groups attached to an aromatic ring is 1. The number of hydrogen-bond donors (Lipinski definition) is 4. The zero-order valence-electron chi connectivity index (χ0n) is 9.48. The van der Waals surface area contributed by atoms with E-state index >= 15 is 0 Å². The maximum atomic E-state index is 11.3. The first-order valence-electron chi connectivity index (χ1n) is 5.12. The van der Waals surface area contributed by atoms with Crippen LogP contribution >= 0.6 is 15.9 Å². The molecule has 0 spiro atoms. The van der Waals surface area contributed by atoms with Gasteiger partial charge in [0, 0.05) is 10.2 Å². The van der Waals surface area contributed by atoms with Gasteiger partial charge in [0.25, 0.3) is 5.56 Å². The molecular weight excluding hydrogens is 316 g/mol. The second kappa shape index (κ2) is 5.11. The minimum absolute atomic E-state index is 0.0673. The first-order chi connectivity index (χ1) is 8.99. The van der Waals surface area contributed by atoms with Gasteiger partial charge in [-0.1, -0.05) is 0 Å². The van der Waals surface area contributed by atoms with Crippen LogP contribution in [0.3, 0.4) is 0 Å². The summed E-state index contributed by atoms with van der Waals surface area (Å²) < 4.78 is 0.456. The number of carboxylic acid groups (broad SMARTS) is 1. The Bertz CT molecular complexity index is 699. The molecule has 1 aromatic carbocycles. The van der Waals surface area contributed by atoms with Gasteiger partial charge in [-0.2, -0.15) is 0 Å². The first-order valence-corrected chi connectivity index (χ1v) is 5.91. The number of H-pyrrole nitrogens is 1. The van der Waals surface area contributed by atoms with Crippen molar-refractivity contribution < 1.29 is 9.90 Å². The Morgan fingerprint density at radius 1 is 1.47 bits per heavy atom. The number of nitrogens with zero attached hydrogens (tertiary/aromatic N) is 1. The number of nitrogens with two attached hydrogens (primary N) is 1. The normalized spacial score (nSPS) is 10.2. The number of anilines is 3. The molecule has 1 aromatic heterocycles. The summed E-state index contributed by atoms with van der Waals surface area (Å²) in [6.45, 7) is 0. The molecule has 1 heterocycles. The zero-order valence-corrected chi connectivity index (χ0v) is 11.1. The Balaban J connectivity index is 2.39. The summed E-state index contributed by atoms with van der Waals surface area (Å²) in [6, 6.07) is 4.63. The quantitative estimate of drug-likeness (QED) is 0.679. The number of halogens is 1. The van der Waals surface area contributed by atoms with Gasteiger partial charge in [-0.25, -0.2) is 9.78 Å². The van der Waals surface area contributed by atoms with Crippen LogP contribution in [0.4, 0.5) is 17.2 Å². The Morgan fingerprint density at radius 2 is 2.21 bits per heavy atom. The van der Waals surface area contributed by atoms with Gasteiger partial charge in [0.1, 0.15) is 5.69 Å². The number of nitrogens with one attached hydrogen (secondary N) is 2. The topological polar surface area (TPSA) is 121 Å². The summed E-state index contributed by atoms with van der Waals surface area (Å²) in [5.41, 5.74) is 5.59. The molecule has 0 saturated carbocycles. The molecule has 0 unspecified atom stereocenters. The molecule has 0 amide bonds. The van der Waals surface area contributed by atoms with Crippen LogP contribution in [-0.2, 0) is 0 Å². The van der Waals surface area contributed by atoms with Crippen molar-refractivity contribution >= 4 is 39.1 Å². The largest absolute Gasteiger partial charge is 0.478 e. The molecule has 2 aromatic rings. The van der Waals surface area contributed by atoms with E-state index in [-0.39, 0.29) is 17.1 Å². The highest BCUT2D eigenvalue weighted by Gasteiger charge is 2.10. The van der Waals surface area contributed by atoms with Crippen LogP contribution in [0, 0.1) is 0 Å². The van der Waals surface area contributed by atoms with Gasteiger partial charge < -0.3 is 21.1 Å². The fourth-order valence-electron chi connectivity index (χ4n) is 1.41. The van der Waals surface area contributed by atoms with Crippen molar-refractivity contribution in [1.29, 1.82) is 0 Å². The Labute approximate surface area is 115 Å². The van der Waals surface area contributed by atoms with Crippen LogP contribution in [-0.4, -0.2) is 21.0 Å². The van der Waals surface area contributed by atoms with Crippen LogP contribution in [0.2, 0.25) is 0 Å². The lowest BCUT2D eigenvalue weighted by molar-refractivity contribution is 0.0696. The molecule has 7 nitrogen and oxygen atoms in total. The second-order valence-electron chi connectivity index (χ2n) is 3.62. The molecule has 0 aliphatic carbocycles. The van der Waals surface area contributed by atoms with E-state index in [1.807, 2.05) is 0 Å². The lowest BCUT2D eigenvalue weighted by Crippen LogP contribution is -2.14. The minimum atomic E-state index is -1.07. The average molecular weight is 325 g/mol. The van der Waals surface area contributed by atoms with E-state index in [2.05, 4.69) is 31.2 Å². The number of aromatic amines is 1. The van der Waals surface area contributed by atoms with E-state index in [4.69, 9.17) is 10.8 Å². The predicted octanol–water partition coefficient (Wildman–Crippen LogP) is 1.56. The van der Waals surface area contributed by atoms with Crippen molar-refractivity contribution in [3.05, 3.63) is 44.9 Å². The maximum Gasteiger partial charge on any atom is 0.336 e. The van der Waals surface area contributed by atoms with Crippen LogP contribution in [0.15, 0.2) is 33.8 Å². The summed E-state index contributed by atoms with van der Waals surface area (Å²) in [5.74, 6) is -0.898. The van der Waals surface area contributed by atoms with Gasteiger partial charge in [-0.15, -0.1) is 0 Å². The van der Waals surface area contributed by atoms with E-state index in [1.54, 1.807) is 12.1 Å². The lowest BCUT2D eigenvalue weighted by atomic mass is 10.2. The number of aromatic nitrogens is 2. The fourth-order valence-corrected chi connectivity index (χ4v) is 1.83. The van der Waals surface area contributed by atoms with Crippen LogP contribution in [0.5, 0.6) is 0 Å². The summed E-state index contributed by atoms with van der Waals surface area (Å²) >= 11 is 3.14. The van der Waals surface area contributed by atoms with Crippen molar-refractivity contribution in [1.82, 2.24) is 9.97 Å². The molecule has 5 N–H and O–H groups in total. The van der Waals surface area contributed by atoms with E-state index in [1.165, 1.54) is 12.4 Å². The van der Waals surface area contributed by atoms with E-state index < -0.39 is 11.5 Å². The molecule has 19 heavy (non-hydrogen) atoms. The summed E-state index contributed by atoms with van der Waals surface area (Å²) in [6.07, 6.45) is 1.21. The predicted molar refractivity (Wildman–Crippen MR) is 73.7 cm³/mol. The Hall–Kier alpha value is -2.35. The molecular formula is C11H9BrN4O3. The highest BCUT2D eigenvalue weighted by molar-refractivity contribution is 9.10. The summed E-state index contributed by atoms with van der Waals surface area (Å²) in [7, 11) is 0. The van der Waals surface area contributed by atoms with Crippen molar-refractivity contribution in [3.63, 3.8) is 0 Å². The maximum absolute atomic E-state index is 11.3. The molecule has 0 fully saturated rings. The highest BCUT2D eigenvalue weighted by Crippen LogP contribution is 2.24. The number of rotatable bonds is 3. The molecule has 0 bridgehead atoms. The molecule has 0 aliphatic heterocycles. The smallest absolute Gasteiger partial charge is 0.336 e. The molecule has 0 radical (unpaired) electrons. The third-order valence-corrected chi connectivity index (χ3v) is 3.04. The molecule has 0 saturated heterocycles. The molecule has 0 atom stereocenters. The van der Waals surface area contributed by atoms with Gasteiger partial charge in [0.2, 0.25) is 0 Å². The number of carboxylic acids is 1. The van der Waals surface area contributed by atoms with Crippen molar-refractivity contribution in [2.75, 3.05) is 11.1 Å². The monoisotopic (exact) mass is 324 g/mol. The van der Waals surface area contributed by atoms with Gasteiger partial charge in [-0.3, -0.25) is 4.79 Å². The zero-order chi connectivity index (χ0) is 14.0. The van der Waals surface area contributed by atoms with Crippen LogP contribution in [0.25, 0.3) is 0 Å². The van der Waals surface area contributed by atoms with Gasteiger partial charge in [-0.05, 0) is 34.1 Å². The lowest BCUT2D eigenvalue weighted by Gasteiger charge is -2.08. The molecule has 0 aliphatic rings. The molecule has 8 heteroatoms. The summed E-state index contributed by atoms with van der Waals surface area (Å²) in [4.78, 5) is 28.5. The van der Waals surface area contributed by atoms with Crippen molar-refractivity contribution in [2.45, 2.75) is 0 Å². The summed E-state index contributed by atoms with van der Waals surface area (Å²) in [5, 5.41) is 11.8. The highest BCUT2D eigenvalue weighted by atomic mass is 79.9. The Kier molecular flexibility index (Phi) is 3.52. The van der Waals surface area contributed by atoms with Gasteiger partial charge in [0.05, 0.1) is 11.9 Å². The molecule has 2 rings (SSSR count). The average Bonchev–Trinajstić information content (AvgIpc) is 2.37. The van der Waals surface area contributed by atoms with E-state index in [0.29, 0.717) is 10.2 Å². The minimum Gasteiger partial charge on any atom is -0.478 e. The van der Waals surface area contributed by atoms with Crippen LogP contribution < -0.4 is 16.6 Å². The number of aromatic carboxylic acids is 1. The Morgan fingerprint density at radius 3 is 2.89 bits per heavy atom. The van der Waals surface area contributed by atoms with E-state index in [0.717, 1.165) is 0 Å². The number of hydrogen-bond acceptors (Lipinski definition) is 5. The third-order valence-electron chi connectivity index (χ3n) is 2.35. The van der Waals surface area contributed by atoms with Gasteiger partial charge in [0.15, 0.2) is 5.82 Å². The van der Waals surface area contributed by atoms with Crippen LogP contribution in [0.1, 0.15) is 10.4 Å². The number of carbonyl (C=O) groups is 1. The van der Waals surface area contributed by atoms with E-state index in [9.17, 15) is 9.59 Å².